The number of rotatable bonds is 5. The molecule has 5 nitrogen and oxygen atoms in total. The zero-order chi connectivity index (χ0) is 18.4. The summed E-state index contributed by atoms with van der Waals surface area (Å²) >= 11 is 11.8. The minimum atomic E-state index is -4.39. The quantitative estimate of drug-likeness (QED) is 0.670. The molecule has 2 amide bonds. The SMILES string of the molecule is O=C(NCCNc1ccc(C(F)(F)F)c[nH+]1)Nc1cccc(Cl)c1Cl. The van der Waals surface area contributed by atoms with E-state index in [2.05, 4.69) is 20.9 Å². The van der Waals surface area contributed by atoms with Crippen molar-refractivity contribution >= 4 is 40.7 Å². The van der Waals surface area contributed by atoms with Gasteiger partial charge in [0, 0.05) is 6.07 Å². The Morgan fingerprint density at radius 1 is 1.12 bits per heavy atom. The Hall–Kier alpha value is -2.19. The highest BCUT2D eigenvalue weighted by atomic mass is 35.5. The minimum Gasteiger partial charge on any atom is -0.334 e. The van der Waals surface area contributed by atoms with Gasteiger partial charge in [-0.15, -0.1) is 0 Å². The van der Waals surface area contributed by atoms with E-state index in [-0.39, 0.29) is 11.6 Å². The van der Waals surface area contributed by atoms with Crippen molar-refractivity contribution in [2.45, 2.75) is 6.18 Å². The van der Waals surface area contributed by atoms with Crippen LogP contribution in [-0.4, -0.2) is 19.1 Å². The van der Waals surface area contributed by atoms with Crippen LogP contribution in [0.3, 0.4) is 0 Å². The third-order valence-corrected chi connectivity index (χ3v) is 3.88. The summed E-state index contributed by atoms with van der Waals surface area (Å²) in [6.45, 7) is 0.539. The molecule has 0 bridgehead atoms. The molecule has 0 aliphatic heterocycles. The van der Waals surface area contributed by atoms with E-state index in [1.165, 1.54) is 6.07 Å². The topological polar surface area (TPSA) is 67.3 Å². The lowest BCUT2D eigenvalue weighted by Crippen LogP contribution is -2.33. The van der Waals surface area contributed by atoms with E-state index >= 15 is 0 Å². The summed E-state index contributed by atoms with van der Waals surface area (Å²) in [5.74, 6) is 0.396. The van der Waals surface area contributed by atoms with Crippen molar-refractivity contribution in [2.75, 3.05) is 23.7 Å². The lowest BCUT2D eigenvalue weighted by Gasteiger charge is -2.09. The maximum atomic E-state index is 12.4. The molecule has 0 aliphatic carbocycles. The number of alkyl halides is 3. The second-order valence-corrected chi connectivity index (χ2v) is 5.68. The van der Waals surface area contributed by atoms with Gasteiger partial charge in [-0.1, -0.05) is 29.3 Å². The normalized spacial score (nSPS) is 11.1. The van der Waals surface area contributed by atoms with Crippen LogP contribution >= 0.6 is 23.2 Å². The summed E-state index contributed by atoms with van der Waals surface area (Å²) in [5.41, 5.74) is -0.398. The summed E-state index contributed by atoms with van der Waals surface area (Å²) in [7, 11) is 0. The van der Waals surface area contributed by atoms with E-state index in [0.717, 1.165) is 12.3 Å². The Kier molecular flexibility index (Phi) is 6.33. The molecule has 0 spiro atoms. The number of hydrogen-bond acceptors (Lipinski definition) is 2. The van der Waals surface area contributed by atoms with Gasteiger partial charge in [-0.25, -0.2) is 9.78 Å². The lowest BCUT2D eigenvalue weighted by molar-refractivity contribution is -0.364. The van der Waals surface area contributed by atoms with E-state index in [4.69, 9.17) is 23.2 Å². The fourth-order valence-electron chi connectivity index (χ4n) is 1.85. The molecule has 0 aliphatic rings. The summed E-state index contributed by atoms with van der Waals surface area (Å²) < 4.78 is 37.3. The first-order valence-electron chi connectivity index (χ1n) is 7.09. The van der Waals surface area contributed by atoms with Crippen LogP contribution in [0.5, 0.6) is 0 Å². The lowest BCUT2D eigenvalue weighted by atomic mass is 10.3. The van der Waals surface area contributed by atoms with Crippen molar-refractivity contribution in [2.24, 2.45) is 0 Å². The minimum absolute atomic E-state index is 0.233. The largest absolute Gasteiger partial charge is 0.419 e. The number of aromatic nitrogens is 1. The van der Waals surface area contributed by atoms with Crippen LogP contribution in [0.2, 0.25) is 10.0 Å². The molecule has 2 rings (SSSR count). The van der Waals surface area contributed by atoms with Crippen LogP contribution in [0.15, 0.2) is 36.5 Å². The van der Waals surface area contributed by atoms with Crippen molar-refractivity contribution in [1.82, 2.24) is 5.32 Å². The van der Waals surface area contributed by atoms with Gasteiger partial charge in [-0.05, 0) is 18.2 Å². The number of anilines is 2. The van der Waals surface area contributed by atoms with Crippen LogP contribution in [0.25, 0.3) is 0 Å². The second-order valence-electron chi connectivity index (χ2n) is 4.90. The highest BCUT2D eigenvalue weighted by molar-refractivity contribution is 6.43. The van der Waals surface area contributed by atoms with Crippen molar-refractivity contribution in [3.05, 3.63) is 52.1 Å². The van der Waals surface area contributed by atoms with Crippen molar-refractivity contribution in [1.29, 1.82) is 0 Å². The molecule has 1 aromatic carbocycles. The summed E-state index contributed by atoms with van der Waals surface area (Å²) in [6, 6.07) is 6.59. The molecular formula is C15H14Cl2F3N4O+. The Bertz CT molecular complexity index is 739. The molecule has 134 valence electrons. The van der Waals surface area contributed by atoms with Gasteiger partial charge in [-0.2, -0.15) is 13.2 Å². The fraction of sp³-hybridized carbons (Fsp3) is 0.200. The van der Waals surface area contributed by atoms with Gasteiger partial charge in [0.25, 0.3) is 5.82 Å². The number of urea groups is 1. The predicted octanol–water partition coefficient (Wildman–Crippen LogP) is 4.06. The Labute approximate surface area is 151 Å². The molecule has 0 saturated heterocycles. The van der Waals surface area contributed by atoms with E-state index in [0.29, 0.717) is 23.1 Å². The molecule has 1 heterocycles. The predicted molar refractivity (Wildman–Crippen MR) is 90.0 cm³/mol. The fourth-order valence-corrected chi connectivity index (χ4v) is 2.20. The Morgan fingerprint density at radius 3 is 2.52 bits per heavy atom. The zero-order valence-corrected chi connectivity index (χ0v) is 14.2. The summed E-state index contributed by atoms with van der Waals surface area (Å²) in [4.78, 5) is 14.3. The number of amides is 2. The van der Waals surface area contributed by atoms with Gasteiger partial charge < -0.3 is 10.6 Å². The number of aromatic amines is 1. The van der Waals surface area contributed by atoms with Gasteiger partial charge in [0.15, 0.2) is 0 Å². The monoisotopic (exact) mass is 393 g/mol. The average molecular weight is 394 g/mol. The summed E-state index contributed by atoms with van der Waals surface area (Å²) in [5, 5.41) is 8.52. The maximum absolute atomic E-state index is 12.4. The van der Waals surface area contributed by atoms with Crippen LogP contribution in [-0.2, 0) is 6.18 Å². The number of carbonyl (C=O) groups is 1. The summed E-state index contributed by atoms with van der Waals surface area (Å²) in [6.07, 6.45) is -3.53. The van der Waals surface area contributed by atoms with E-state index in [1.807, 2.05) is 0 Å². The molecule has 0 unspecified atom stereocenters. The van der Waals surface area contributed by atoms with Gasteiger partial charge in [-0.3, -0.25) is 5.32 Å². The Balaban J connectivity index is 1.75. The third kappa shape index (κ3) is 5.68. The zero-order valence-electron chi connectivity index (χ0n) is 12.7. The van der Waals surface area contributed by atoms with E-state index in [1.54, 1.807) is 18.2 Å². The molecule has 0 saturated carbocycles. The number of halogens is 5. The molecule has 1 aromatic heterocycles. The molecule has 0 radical (unpaired) electrons. The van der Waals surface area contributed by atoms with Gasteiger partial charge in [0.2, 0.25) is 0 Å². The number of hydrogen-bond donors (Lipinski definition) is 3. The second kappa shape index (κ2) is 8.26. The standard InChI is InChI=1S/C15H13Cl2F3N4O/c16-10-2-1-3-11(13(10)17)24-14(25)22-7-6-21-12-5-4-9(8-23-12)15(18,19)20/h1-5,8H,6-7H2,(H,21,23)(H2,22,24,25)/p+1. The first kappa shape index (κ1) is 19.1. The van der Waals surface area contributed by atoms with Gasteiger partial charge in [0.05, 0.1) is 27.8 Å². The maximum Gasteiger partial charge on any atom is 0.419 e. The molecular weight excluding hydrogens is 380 g/mol. The van der Waals surface area contributed by atoms with Gasteiger partial charge in [0.1, 0.15) is 12.7 Å². The van der Waals surface area contributed by atoms with Crippen LogP contribution in [0, 0.1) is 0 Å². The average Bonchev–Trinajstić information content (AvgIpc) is 2.55. The molecule has 25 heavy (non-hydrogen) atoms. The van der Waals surface area contributed by atoms with Crippen LogP contribution in [0.4, 0.5) is 29.5 Å². The molecule has 4 N–H and O–H groups in total. The van der Waals surface area contributed by atoms with Crippen molar-refractivity contribution < 1.29 is 22.9 Å². The number of carbonyl (C=O) groups excluding carboxylic acids is 1. The van der Waals surface area contributed by atoms with Crippen molar-refractivity contribution in [3.63, 3.8) is 0 Å². The van der Waals surface area contributed by atoms with E-state index in [9.17, 15) is 18.0 Å². The first-order valence-corrected chi connectivity index (χ1v) is 7.84. The smallest absolute Gasteiger partial charge is 0.334 e. The highest BCUT2D eigenvalue weighted by Gasteiger charge is 2.31. The molecule has 0 atom stereocenters. The number of pyridine rings is 1. The van der Waals surface area contributed by atoms with Crippen LogP contribution in [0.1, 0.15) is 5.56 Å². The van der Waals surface area contributed by atoms with Crippen LogP contribution < -0.4 is 20.9 Å². The van der Waals surface area contributed by atoms with Crippen molar-refractivity contribution in [3.8, 4) is 0 Å². The van der Waals surface area contributed by atoms with Gasteiger partial charge >= 0.3 is 12.2 Å². The number of H-pyrrole nitrogens is 1. The molecule has 0 fully saturated rings. The highest BCUT2D eigenvalue weighted by Crippen LogP contribution is 2.29. The molecule has 10 heteroatoms. The number of benzene rings is 1. The first-order chi connectivity index (χ1) is 11.8. The molecule has 2 aromatic rings. The third-order valence-electron chi connectivity index (χ3n) is 3.07. The number of nitrogens with one attached hydrogen (secondary N) is 4. The van der Waals surface area contributed by atoms with E-state index < -0.39 is 17.8 Å². The Morgan fingerprint density at radius 2 is 1.88 bits per heavy atom.